The Morgan fingerprint density at radius 1 is 1.00 bits per heavy atom. The van der Waals surface area contributed by atoms with E-state index in [9.17, 15) is 4.79 Å². The maximum absolute atomic E-state index is 13.3. The van der Waals surface area contributed by atoms with Gasteiger partial charge in [-0.2, -0.15) is 0 Å². The summed E-state index contributed by atoms with van der Waals surface area (Å²) >= 11 is 1.60. The van der Waals surface area contributed by atoms with E-state index < -0.39 is 0 Å². The molecule has 0 aliphatic carbocycles. The summed E-state index contributed by atoms with van der Waals surface area (Å²) in [6.45, 7) is 1.44. The maximum atomic E-state index is 13.3. The number of hydrogen-bond acceptors (Lipinski definition) is 7. The number of nitrogens with zero attached hydrogens (tertiary/aromatic N) is 1. The minimum atomic E-state index is -0.172. The van der Waals surface area contributed by atoms with Crippen LogP contribution in [0.4, 0.5) is 5.69 Å². The van der Waals surface area contributed by atoms with Crippen LogP contribution >= 0.6 is 11.3 Å². The quantitative estimate of drug-likeness (QED) is 0.444. The lowest BCUT2D eigenvalue weighted by atomic mass is 10.1. The summed E-state index contributed by atoms with van der Waals surface area (Å²) in [7, 11) is 4.66. The average Bonchev–Trinajstić information content (AvgIpc) is 3.38. The molecule has 2 heterocycles. The maximum Gasteiger partial charge on any atom is 0.251 e. The van der Waals surface area contributed by atoms with Crippen molar-refractivity contribution in [3.8, 4) is 28.7 Å². The highest BCUT2D eigenvalue weighted by Crippen LogP contribution is 2.39. The molecule has 0 saturated carbocycles. The third-order valence-corrected chi connectivity index (χ3v) is 5.96. The van der Waals surface area contributed by atoms with Gasteiger partial charge in [-0.25, -0.2) is 0 Å². The number of fused-ring (bicyclic) bond motifs is 1. The molecular weight excluding hydrogens is 442 g/mol. The highest BCUT2D eigenvalue weighted by Gasteiger charge is 2.19. The summed E-state index contributed by atoms with van der Waals surface area (Å²) < 4.78 is 27.5. The van der Waals surface area contributed by atoms with E-state index >= 15 is 0 Å². The zero-order valence-corrected chi connectivity index (χ0v) is 19.5. The van der Waals surface area contributed by atoms with E-state index in [0.717, 1.165) is 16.1 Å². The summed E-state index contributed by atoms with van der Waals surface area (Å²) in [5.74, 6) is 2.68. The van der Waals surface area contributed by atoms with Crippen molar-refractivity contribution in [1.29, 1.82) is 0 Å². The minimum absolute atomic E-state index is 0.172. The Hall–Kier alpha value is -3.65. The molecule has 0 saturated heterocycles. The van der Waals surface area contributed by atoms with Crippen LogP contribution in [0.25, 0.3) is 6.08 Å². The fraction of sp³-hybridized carbons (Fsp3) is 0.240. The van der Waals surface area contributed by atoms with Gasteiger partial charge >= 0.3 is 0 Å². The van der Waals surface area contributed by atoms with Gasteiger partial charge in [0.25, 0.3) is 5.91 Å². The number of carbonyl (C=O) groups excluding carboxylic acids is 1. The number of anilines is 1. The lowest BCUT2D eigenvalue weighted by molar-refractivity contribution is -0.114. The average molecular weight is 468 g/mol. The number of methoxy groups -OCH3 is 3. The van der Waals surface area contributed by atoms with Crippen LogP contribution < -0.4 is 28.6 Å². The SMILES string of the molecule is COc1cc(C=CC(=O)N(Cc2cccs2)c2ccc3c(c2)OCCO3)cc(OC)c1OC. The van der Waals surface area contributed by atoms with Gasteiger partial charge in [0, 0.05) is 22.7 Å². The molecule has 33 heavy (non-hydrogen) atoms. The monoisotopic (exact) mass is 467 g/mol. The molecule has 2 aromatic carbocycles. The van der Waals surface area contributed by atoms with Gasteiger partial charge in [0.1, 0.15) is 13.2 Å². The van der Waals surface area contributed by atoms with Crippen molar-refractivity contribution >= 4 is 29.0 Å². The van der Waals surface area contributed by atoms with E-state index in [-0.39, 0.29) is 5.91 Å². The molecule has 1 amide bonds. The van der Waals surface area contributed by atoms with Crippen molar-refractivity contribution in [3.63, 3.8) is 0 Å². The van der Waals surface area contributed by atoms with Crippen molar-refractivity contribution in [2.75, 3.05) is 39.4 Å². The molecule has 0 unspecified atom stereocenters. The topological polar surface area (TPSA) is 66.5 Å². The van der Waals surface area contributed by atoms with Crippen LogP contribution in [0.15, 0.2) is 53.9 Å². The molecule has 3 aromatic rings. The van der Waals surface area contributed by atoms with Gasteiger partial charge in [0.05, 0.1) is 27.9 Å². The molecule has 0 radical (unpaired) electrons. The van der Waals surface area contributed by atoms with E-state index in [1.165, 1.54) is 6.08 Å². The summed E-state index contributed by atoms with van der Waals surface area (Å²) in [6, 6.07) is 13.1. The van der Waals surface area contributed by atoms with Gasteiger partial charge < -0.3 is 28.6 Å². The zero-order valence-electron chi connectivity index (χ0n) is 18.7. The summed E-state index contributed by atoms with van der Waals surface area (Å²) in [5, 5.41) is 1.99. The second-order valence-corrected chi connectivity index (χ2v) is 8.16. The molecule has 0 spiro atoms. The van der Waals surface area contributed by atoms with E-state index in [2.05, 4.69) is 0 Å². The summed E-state index contributed by atoms with van der Waals surface area (Å²) in [6.07, 6.45) is 3.26. The minimum Gasteiger partial charge on any atom is -0.493 e. The Labute approximate surface area is 196 Å². The molecule has 7 nitrogen and oxygen atoms in total. The standard InChI is InChI=1S/C25H25NO6S/c1-28-22-13-17(14-23(29-2)25(22)30-3)6-9-24(27)26(16-19-5-4-12-33-19)18-7-8-20-21(15-18)32-11-10-31-20/h4-9,12-15H,10-11,16H2,1-3H3. The first-order valence-corrected chi connectivity index (χ1v) is 11.2. The Balaban J connectivity index is 1.64. The van der Waals surface area contributed by atoms with Crippen LogP contribution in [0.1, 0.15) is 10.4 Å². The number of thiophene rings is 1. The molecule has 1 aliphatic heterocycles. The first-order chi connectivity index (χ1) is 16.1. The first kappa shape index (κ1) is 22.5. The number of ether oxygens (including phenoxy) is 5. The Morgan fingerprint density at radius 2 is 1.73 bits per heavy atom. The van der Waals surface area contributed by atoms with Crippen molar-refractivity contribution in [2.45, 2.75) is 6.54 Å². The molecule has 1 aliphatic rings. The Morgan fingerprint density at radius 3 is 2.36 bits per heavy atom. The number of benzene rings is 2. The molecule has 0 bridgehead atoms. The second kappa shape index (κ2) is 10.3. The molecule has 8 heteroatoms. The van der Waals surface area contributed by atoms with E-state index in [1.807, 2.05) is 35.7 Å². The van der Waals surface area contributed by atoms with Crippen molar-refractivity contribution < 1.29 is 28.5 Å². The van der Waals surface area contributed by atoms with Crippen LogP contribution in [-0.2, 0) is 11.3 Å². The van der Waals surface area contributed by atoms with Crippen LogP contribution in [0.2, 0.25) is 0 Å². The number of carbonyl (C=O) groups is 1. The van der Waals surface area contributed by atoms with E-state index in [4.69, 9.17) is 23.7 Å². The van der Waals surface area contributed by atoms with Gasteiger partial charge in [-0.15, -0.1) is 11.3 Å². The molecule has 172 valence electrons. The van der Waals surface area contributed by atoms with Gasteiger partial charge in [0.2, 0.25) is 5.75 Å². The number of amides is 1. The van der Waals surface area contributed by atoms with Crippen LogP contribution in [0.3, 0.4) is 0 Å². The normalized spacial score (nSPS) is 12.5. The van der Waals surface area contributed by atoms with Crippen molar-refractivity contribution in [2.24, 2.45) is 0 Å². The fourth-order valence-corrected chi connectivity index (χ4v) is 4.20. The van der Waals surface area contributed by atoms with Gasteiger partial charge in [-0.1, -0.05) is 6.07 Å². The predicted octanol–water partition coefficient (Wildman–Crippen LogP) is 4.79. The Bertz CT molecular complexity index is 1120. The molecule has 1 aromatic heterocycles. The molecule has 0 N–H and O–H groups in total. The lowest BCUT2D eigenvalue weighted by Crippen LogP contribution is -2.28. The molecule has 0 atom stereocenters. The largest absolute Gasteiger partial charge is 0.493 e. The molecule has 0 fully saturated rings. The van der Waals surface area contributed by atoms with Gasteiger partial charge in [0.15, 0.2) is 23.0 Å². The summed E-state index contributed by atoms with van der Waals surface area (Å²) in [4.78, 5) is 16.1. The van der Waals surface area contributed by atoms with E-state index in [0.29, 0.717) is 48.5 Å². The zero-order chi connectivity index (χ0) is 23.2. The third-order valence-electron chi connectivity index (χ3n) is 5.10. The lowest BCUT2D eigenvalue weighted by Gasteiger charge is -2.24. The number of hydrogen-bond donors (Lipinski definition) is 0. The van der Waals surface area contributed by atoms with Crippen LogP contribution in [0, 0.1) is 0 Å². The van der Waals surface area contributed by atoms with Crippen molar-refractivity contribution in [3.05, 3.63) is 64.4 Å². The van der Waals surface area contributed by atoms with Crippen LogP contribution in [0.5, 0.6) is 28.7 Å². The second-order valence-electron chi connectivity index (χ2n) is 7.12. The number of rotatable bonds is 8. The van der Waals surface area contributed by atoms with E-state index in [1.54, 1.807) is 55.8 Å². The molecule has 4 rings (SSSR count). The van der Waals surface area contributed by atoms with Gasteiger partial charge in [-0.3, -0.25) is 4.79 Å². The van der Waals surface area contributed by atoms with Crippen molar-refractivity contribution in [1.82, 2.24) is 0 Å². The first-order valence-electron chi connectivity index (χ1n) is 10.3. The summed E-state index contributed by atoms with van der Waals surface area (Å²) in [5.41, 5.74) is 1.48. The highest BCUT2D eigenvalue weighted by atomic mass is 32.1. The predicted molar refractivity (Wildman–Crippen MR) is 128 cm³/mol. The van der Waals surface area contributed by atoms with Crippen LogP contribution in [-0.4, -0.2) is 40.5 Å². The Kier molecular flexibility index (Phi) is 7.04. The third kappa shape index (κ3) is 5.06. The molecular formula is C25H25NO6S. The fourth-order valence-electron chi connectivity index (χ4n) is 3.51. The van der Waals surface area contributed by atoms with Gasteiger partial charge in [-0.05, 0) is 47.4 Å². The highest BCUT2D eigenvalue weighted by molar-refractivity contribution is 7.09. The smallest absolute Gasteiger partial charge is 0.251 e.